The standard InChI is InChI=1S/C18H22O7S/c1-4-11(12-7-5-6-8-13(12)16(21)22)18-25-17(24-10(2)19)14(26-18)9-15(20)23-3/h5-8,11,14,17-18H,4,9H2,1-3H3,(H,21,22)/t11?,14-,17?,18?/m0/s1. The van der Waals surface area contributed by atoms with E-state index in [1.807, 2.05) is 6.92 Å². The predicted molar refractivity (Wildman–Crippen MR) is 94.9 cm³/mol. The number of hydrogen-bond acceptors (Lipinski definition) is 7. The maximum Gasteiger partial charge on any atom is 0.335 e. The molecule has 0 spiro atoms. The molecular formula is C18H22O7S. The molecule has 0 aliphatic carbocycles. The molecule has 0 aromatic heterocycles. The third-order valence-electron chi connectivity index (χ3n) is 4.12. The molecule has 2 rings (SSSR count). The molecule has 8 heteroatoms. The van der Waals surface area contributed by atoms with E-state index in [1.165, 1.54) is 25.8 Å². The van der Waals surface area contributed by atoms with E-state index in [9.17, 15) is 19.5 Å². The van der Waals surface area contributed by atoms with Crippen molar-refractivity contribution in [3.8, 4) is 0 Å². The van der Waals surface area contributed by atoms with Crippen molar-refractivity contribution in [1.82, 2.24) is 0 Å². The normalized spacial score (nSPS) is 23.3. The van der Waals surface area contributed by atoms with E-state index in [2.05, 4.69) is 0 Å². The average molecular weight is 382 g/mol. The van der Waals surface area contributed by atoms with E-state index in [-0.39, 0.29) is 17.9 Å². The number of ether oxygens (including phenoxy) is 3. The van der Waals surface area contributed by atoms with E-state index in [4.69, 9.17) is 14.2 Å². The van der Waals surface area contributed by atoms with Crippen molar-refractivity contribution in [3.63, 3.8) is 0 Å². The Labute approximate surface area is 156 Å². The fourth-order valence-corrected chi connectivity index (χ4v) is 4.44. The van der Waals surface area contributed by atoms with Crippen molar-refractivity contribution >= 4 is 29.7 Å². The summed E-state index contributed by atoms with van der Waals surface area (Å²) in [4.78, 5) is 34.5. The molecule has 1 aliphatic heterocycles. The van der Waals surface area contributed by atoms with Gasteiger partial charge in [0.1, 0.15) is 5.44 Å². The highest BCUT2D eigenvalue weighted by Gasteiger charge is 2.43. The van der Waals surface area contributed by atoms with Crippen LogP contribution >= 0.6 is 11.8 Å². The third-order valence-corrected chi connectivity index (χ3v) is 5.56. The first kappa shape index (κ1) is 20.3. The van der Waals surface area contributed by atoms with Crippen LogP contribution in [0.4, 0.5) is 0 Å². The zero-order valence-corrected chi connectivity index (χ0v) is 15.7. The number of esters is 2. The molecule has 1 fully saturated rings. The minimum atomic E-state index is -1.01. The van der Waals surface area contributed by atoms with Crippen LogP contribution in [0.25, 0.3) is 0 Å². The van der Waals surface area contributed by atoms with Crippen molar-refractivity contribution in [3.05, 3.63) is 35.4 Å². The van der Waals surface area contributed by atoms with Crippen LogP contribution in [0.3, 0.4) is 0 Å². The Balaban J connectivity index is 2.26. The van der Waals surface area contributed by atoms with Gasteiger partial charge in [0.05, 0.1) is 24.3 Å². The number of carboxylic acids is 1. The van der Waals surface area contributed by atoms with Gasteiger partial charge in [0.15, 0.2) is 0 Å². The van der Waals surface area contributed by atoms with Gasteiger partial charge in [0, 0.05) is 12.8 Å². The molecule has 0 amide bonds. The van der Waals surface area contributed by atoms with Crippen LogP contribution in [-0.2, 0) is 23.8 Å². The Morgan fingerprint density at radius 2 is 2.00 bits per heavy atom. The van der Waals surface area contributed by atoms with Crippen LogP contribution in [0.5, 0.6) is 0 Å². The quantitative estimate of drug-likeness (QED) is 0.719. The summed E-state index contributed by atoms with van der Waals surface area (Å²) in [6, 6.07) is 6.76. The van der Waals surface area contributed by atoms with Gasteiger partial charge in [-0.3, -0.25) is 9.59 Å². The number of methoxy groups -OCH3 is 1. The summed E-state index contributed by atoms with van der Waals surface area (Å²) in [6.07, 6.45) is -0.223. The summed E-state index contributed by atoms with van der Waals surface area (Å²) in [6.45, 7) is 3.20. The zero-order valence-electron chi connectivity index (χ0n) is 14.8. The summed E-state index contributed by atoms with van der Waals surface area (Å²) in [5.41, 5.74) is 0.420. The van der Waals surface area contributed by atoms with Gasteiger partial charge in [-0.25, -0.2) is 4.79 Å². The van der Waals surface area contributed by atoms with Crippen LogP contribution in [0.1, 0.15) is 48.5 Å². The lowest BCUT2D eigenvalue weighted by atomic mass is 9.92. The first-order valence-electron chi connectivity index (χ1n) is 8.24. The molecule has 7 nitrogen and oxygen atoms in total. The number of aromatic carboxylic acids is 1. The second kappa shape index (κ2) is 9.05. The van der Waals surface area contributed by atoms with E-state index >= 15 is 0 Å². The molecule has 3 unspecified atom stereocenters. The highest BCUT2D eigenvalue weighted by atomic mass is 32.2. The molecule has 1 N–H and O–H groups in total. The molecule has 4 atom stereocenters. The number of carbonyl (C=O) groups excluding carboxylic acids is 2. The van der Waals surface area contributed by atoms with E-state index in [1.54, 1.807) is 24.3 Å². The van der Waals surface area contributed by atoms with Crippen molar-refractivity contribution in [2.45, 2.75) is 49.6 Å². The Hall–Kier alpha value is -2.06. The Morgan fingerprint density at radius 1 is 1.31 bits per heavy atom. The lowest BCUT2D eigenvalue weighted by Gasteiger charge is -2.23. The second-order valence-electron chi connectivity index (χ2n) is 5.84. The van der Waals surface area contributed by atoms with Gasteiger partial charge in [-0.2, -0.15) is 0 Å². The summed E-state index contributed by atoms with van der Waals surface area (Å²) in [7, 11) is 1.29. The number of carboxylic acid groups (broad SMARTS) is 1. The molecule has 1 saturated heterocycles. The Bertz CT molecular complexity index is 675. The van der Waals surface area contributed by atoms with Crippen molar-refractivity contribution in [2.75, 3.05) is 7.11 Å². The van der Waals surface area contributed by atoms with Gasteiger partial charge in [0.25, 0.3) is 0 Å². The first-order valence-corrected chi connectivity index (χ1v) is 9.18. The Kier molecular flexibility index (Phi) is 7.05. The fourth-order valence-electron chi connectivity index (χ4n) is 2.91. The predicted octanol–water partition coefficient (Wildman–Crippen LogP) is 2.79. The lowest BCUT2D eigenvalue weighted by Crippen LogP contribution is -2.28. The number of thioether (sulfide) groups is 1. The number of benzene rings is 1. The van der Waals surface area contributed by atoms with Crippen LogP contribution in [0.2, 0.25) is 0 Å². The molecule has 0 saturated carbocycles. The van der Waals surface area contributed by atoms with Crippen LogP contribution in [-0.4, -0.2) is 47.1 Å². The Morgan fingerprint density at radius 3 is 2.58 bits per heavy atom. The average Bonchev–Trinajstić information content (AvgIpc) is 2.97. The molecule has 1 aliphatic rings. The zero-order chi connectivity index (χ0) is 19.3. The SMILES string of the molecule is CCC(c1ccccc1C(=O)O)C1OC(OC(C)=O)[C@H](CC(=O)OC)S1. The molecule has 142 valence electrons. The van der Waals surface area contributed by atoms with Crippen LogP contribution < -0.4 is 0 Å². The molecule has 0 bridgehead atoms. The van der Waals surface area contributed by atoms with Crippen molar-refractivity contribution < 1.29 is 33.7 Å². The second-order valence-corrected chi connectivity index (χ2v) is 7.19. The minimum Gasteiger partial charge on any atom is -0.478 e. The minimum absolute atomic E-state index is 0.0344. The summed E-state index contributed by atoms with van der Waals surface area (Å²) < 4.78 is 15.8. The van der Waals surface area contributed by atoms with Crippen molar-refractivity contribution in [2.24, 2.45) is 0 Å². The van der Waals surface area contributed by atoms with Gasteiger partial charge in [0.2, 0.25) is 6.29 Å². The lowest BCUT2D eigenvalue weighted by molar-refractivity contribution is -0.177. The maximum absolute atomic E-state index is 11.6. The van der Waals surface area contributed by atoms with E-state index in [0.717, 1.165) is 0 Å². The molecule has 1 heterocycles. The van der Waals surface area contributed by atoms with Gasteiger partial charge < -0.3 is 19.3 Å². The fraction of sp³-hybridized carbons (Fsp3) is 0.500. The van der Waals surface area contributed by atoms with Crippen LogP contribution in [0, 0.1) is 0 Å². The molecule has 1 aromatic carbocycles. The molecule has 1 aromatic rings. The monoisotopic (exact) mass is 382 g/mol. The smallest absolute Gasteiger partial charge is 0.335 e. The molecule has 0 radical (unpaired) electrons. The molecule has 26 heavy (non-hydrogen) atoms. The number of rotatable bonds is 7. The summed E-state index contributed by atoms with van der Waals surface area (Å²) >= 11 is 1.36. The van der Waals surface area contributed by atoms with Crippen LogP contribution in [0.15, 0.2) is 24.3 Å². The summed E-state index contributed by atoms with van der Waals surface area (Å²) in [5.74, 6) is -2.18. The number of hydrogen-bond donors (Lipinski definition) is 1. The van der Waals surface area contributed by atoms with Gasteiger partial charge in [-0.1, -0.05) is 25.1 Å². The van der Waals surface area contributed by atoms with Gasteiger partial charge in [-0.05, 0) is 18.1 Å². The topological polar surface area (TPSA) is 99.1 Å². The van der Waals surface area contributed by atoms with Crippen molar-refractivity contribution in [1.29, 1.82) is 0 Å². The van der Waals surface area contributed by atoms with Gasteiger partial charge >= 0.3 is 17.9 Å². The van der Waals surface area contributed by atoms with Gasteiger partial charge in [-0.15, -0.1) is 11.8 Å². The third kappa shape index (κ3) is 4.76. The highest BCUT2D eigenvalue weighted by molar-refractivity contribution is 8.00. The number of carbonyl (C=O) groups is 3. The first-order chi connectivity index (χ1) is 12.4. The largest absolute Gasteiger partial charge is 0.478 e. The van der Waals surface area contributed by atoms with E-state index < -0.39 is 34.9 Å². The maximum atomic E-state index is 11.6. The molecular weight excluding hydrogens is 360 g/mol. The highest BCUT2D eigenvalue weighted by Crippen LogP contribution is 2.44. The summed E-state index contributed by atoms with van der Waals surface area (Å²) in [5, 5.41) is 9.03. The van der Waals surface area contributed by atoms with E-state index in [0.29, 0.717) is 12.0 Å².